The number of carbonyl (C=O) groups is 1. The van der Waals surface area contributed by atoms with E-state index in [1.54, 1.807) is 25.2 Å². The van der Waals surface area contributed by atoms with E-state index in [2.05, 4.69) is 5.32 Å². The Hall–Kier alpha value is -1.71. The Kier molecular flexibility index (Phi) is 3.34. The predicted octanol–water partition coefficient (Wildman–Crippen LogP) is 1.03. The summed E-state index contributed by atoms with van der Waals surface area (Å²) in [6.07, 6.45) is 0. The quantitative estimate of drug-likeness (QED) is 0.706. The molecule has 1 aromatic rings. The van der Waals surface area contributed by atoms with E-state index >= 15 is 0 Å². The minimum absolute atomic E-state index is 0.194. The van der Waals surface area contributed by atoms with Gasteiger partial charge in [0.25, 0.3) is 5.91 Å². The maximum atomic E-state index is 11.4. The van der Waals surface area contributed by atoms with Crippen LogP contribution in [0.3, 0.4) is 0 Å². The Morgan fingerprint density at radius 3 is 2.86 bits per heavy atom. The van der Waals surface area contributed by atoms with Gasteiger partial charge in [0.15, 0.2) is 0 Å². The molecule has 0 fully saturated rings. The molecule has 0 unspecified atom stereocenters. The molecule has 0 aromatic heterocycles. The average Bonchev–Trinajstić information content (AvgIpc) is 2.20. The van der Waals surface area contributed by atoms with Gasteiger partial charge in [0.1, 0.15) is 5.75 Å². The van der Waals surface area contributed by atoms with Crippen LogP contribution in [-0.4, -0.2) is 19.6 Å². The number of hydrogen-bond acceptors (Lipinski definition) is 3. The Morgan fingerprint density at radius 2 is 2.29 bits per heavy atom. The molecule has 0 aliphatic heterocycles. The van der Waals surface area contributed by atoms with Crippen LogP contribution in [-0.2, 0) is 0 Å². The molecule has 4 nitrogen and oxygen atoms in total. The van der Waals surface area contributed by atoms with Gasteiger partial charge in [0, 0.05) is 12.7 Å². The zero-order chi connectivity index (χ0) is 10.6. The smallest absolute Gasteiger partial charge is 0.254 e. The SMILES string of the molecule is CCOc1ccc(N)cc1C(=O)NC. The highest BCUT2D eigenvalue weighted by molar-refractivity contribution is 5.97. The molecule has 14 heavy (non-hydrogen) atoms. The molecule has 0 spiro atoms. The maximum absolute atomic E-state index is 11.4. The lowest BCUT2D eigenvalue weighted by molar-refractivity contribution is 0.0959. The number of nitrogens with two attached hydrogens (primary N) is 1. The zero-order valence-electron chi connectivity index (χ0n) is 8.33. The molecule has 0 saturated carbocycles. The molecule has 0 heterocycles. The lowest BCUT2D eigenvalue weighted by Crippen LogP contribution is -2.19. The summed E-state index contributed by atoms with van der Waals surface area (Å²) >= 11 is 0. The fourth-order valence-corrected chi connectivity index (χ4v) is 1.14. The Bertz CT molecular complexity index is 337. The molecule has 0 radical (unpaired) electrons. The molecule has 0 atom stereocenters. The van der Waals surface area contributed by atoms with Crippen molar-refractivity contribution in [3.63, 3.8) is 0 Å². The number of ether oxygens (including phenoxy) is 1. The number of hydrogen-bond donors (Lipinski definition) is 2. The van der Waals surface area contributed by atoms with Crippen molar-refractivity contribution in [2.75, 3.05) is 19.4 Å². The van der Waals surface area contributed by atoms with Crippen molar-refractivity contribution in [3.8, 4) is 5.75 Å². The molecule has 1 aromatic carbocycles. The second kappa shape index (κ2) is 4.50. The van der Waals surface area contributed by atoms with Gasteiger partial charge in [-0.05, 0) is 25.1 Å². The van der Waals surface area contributed by atoms with Gasteiger partial charge in [-0.1, -0.05) is 0 Å². The van der Waals surface area contributed by atoms with Gasteiger partial charge in [0.05, 0.1) is 12.2 Å². The minimum atomic E-state index is -0.194. The number of amides is 1. The summed E-state index contributed by atoms with van der Waals surface area (Å²) in [6.45, 7) is 2.39. The molecular formula is C10H14N2O2. The van der Waals surface area contributed by atoms with Gasteiger partial charge in [0.2, 0.25) is 0 Å². The van der Waals surface area contributed by atoms with Crippen molar-refractivity contribution in [3.05, 3.63) is 23.8 Å². The summed E-state index contributed by atoms with van der Waals surface area (Å²) in [5.41, 5.74) is 6.60. The Morgan fingerprint density at radius 1 is 1.57 bits per heavy atom. The lowest BCUT2D eigenvalue weighted by atomic mass is 10.1. The molecule has 0 aliphatic rings. The first-order valence-electron chi connectivity index (χ1n) is 4.43. The average molecular weight is 194 g/mol. The van der Waals surface area contributed by atoms with E-state index < -0.39 is 0 Å². The highest BCUT2D eigenvalue weighted by Gasteiger charge is 2.10. The molecule has 4 heteroatoms. The van der Waals surface area contributed by atoms with E-state index in [1.807, 2.05) is 6.92 Å². The second-order valence-electron chi connectivity index (χ2n) is 2.77. The van der Waals surface area contributed by atoms with Gasteiger partial charge in [-0.15, -0.1) is 0 Å². The lowest BCUT2D eigenvalue weighted by Gasteiger charge is -2.09. The third-order valence-electron chi connectivity index (χ3n) is 1.78. The normalized spacial score (nSPS) is 9.57. The summed E-state index contributed by atoms with van der Waals surface area (Å²) in [4.78, 5) is 11.4. The highest BCUT2D eigenvalue weighted by atomic mass is 16.5. The van der Waals surface area contributed by atoms with Crippen molar-refractivity contribution in [1.82, 2.24) is 5.32 Å². The van der Waals surface area contributed by atoms with Crippen LogP contribution in [0.2, 0.25) is 0 Å². The standard InChI is InChI=1S/C10H14N2O2/c1-3-14-9-5-4-7(11)6-8(9)10(13)12-2/h4-6H,3,11H2,1-2H3,(H,12,13). The van der Waals surface area contributed by atoms with Crippen LogP contribution in [0.1, 0.15) is 17.3 Å². The van der Waals surface area contributed by atoms with E-state index in [4.69, 9.17) is 10.5 Å². The summed E-state index contributed by atoms with van der Waals surface area (Å²) < 4.78 is 5.30. The van der Waals surface area contributed by atoms with Crippen LogP contribution in [0.4, 0.5) is 5.69 Å². The van der Waals surface area contributed by atoms with Gasteiger partial charge >= 0.3 is 0 Å². The van der Waals surface area contributed by atoms with Crippen LogP contribution < -0.4 is 15.8 Å². The minimum Gasteiger partial charge on any atom is -0.493 e. The third kappa shape index (κ3) is 2.16. The third-order valence-corrected chi connectivity index (χ3v) is 1.78. The monoisotopic (exact) mass is 194 g/mol. The second-order valence-corrected chi connectivity index (χ2v) is 2.77. The van der Waals surface area contributed by atoms with E-state index in [1.165, 1.54) is 0 Å². The number of carbonyl (C=O) groups excluding carboxylic acids is 1. The van der Waals surface area contributed by atoms with Gasteiger partial charge in [-0.3, -0.25) is 4.79 Å². The van der Waals surface area contributed by atoms with Crippen LogP contribution in [0, 0.1) is 0 Å². The topological polar surface area (TPSA) is 64.3 Å². The highest BCUT2D eigenvalue weighted by Crippen LogP contribution is 2.21. The van der Waals surface area contributed by atoms with Gasteiger partial charge in [-0.2, -0.15) is 0 Å². The van der Waals surface area contributed by atoms with E-state index in [9.17, 15) is 4.79 Å². The van der Waals surface area contributed by atoms with Crippen molar-refractivity contribution >= 4 is 11.6 Å². The van der Waals surface area contributed by atoms with Crippen LogP contribution >= 0.6 is 0 Å². The summed E-state index contributed by atoms with van der Waals surface area (Å²) in [5, 5.41) is 2.53. The summed E-state index contributed by atoms with van der Waals surface area (Å²) in [5.74, 6) is 0.363. The van der Waals surface area contributed by atoms with Crippen molar-refractivity contribution in [2.24, 2.45) is 0 Å². The number of anilines is 1. The van der Waals surface area contributed by atoms with Crippen molar-refractivity contribution in [2.45, 2.75) is 6.92 Å². The fourth-order valence-electron chi connectivity index (χ4n) is 1.14. The van der Waals surface area contributed by atoms with E-state index in [-0.39, 0.29) is 5.91 Å². The fraction of sp³-hybridized carbons (Fsp3) is 0.300. The molecule has 76 valence electrons. The van der Waals surface area contributed by atoms with Crippen LogP contribution in [0.5, 0.6) is 5.75 Å². The Labute approximate surface area is 83.1 Å². The molecule has 0 saturated heterocycles. The summed E-state index contributed by atoms with van der Waals surface area (Å²) in [6, 6.07) is 5.00. The first-order valence-corrected chi connectivity index (χ1v) is 4.43. The number of rotatable bonds is 3. The number of benzene rings is 1. The maximum Gasteiger partial charge on any atom is 0.254 e. The zero-order valence-corrected chi connectivity index (χ0v) is 8.33. The number of nitrogens with one attached hydrogen (secondary N) is 1. The van der Waals surface area contributed by atoms with E-state index in [0.29, 0.717) is 23.6 Å². The summed E-state index contributed by atoms with van der Waals surface area (Å²) in [7, 11) is 1.57. The Balaban J connectivity index is 3.08. The van der Waals surface area contributed by atoms with Crippen LogP contribution in [0.15, 0.2) is 18.2 Å². The van der Waals surface area contributed by atoms with Gasteiger partial charge in [-0.25, -0.2) is 0 Å². The van der Waals surface area contributed by atoms with Gasteiger partial charge < -0.3 is 15.8 Å². The molecule has 3 N–H and O–H groups in total. The first-order chi connectivity index (χ1) is 6.69. The van der Waals surface area contributed by atoms with E-state index in [0.717, 1.165) is 0 Å². The molecule has 1 rings (SSSR count). The predicted molar refractivity (Wildman–Crippen MR) is 55.4 cm³/mol. The number of nitrogen functional groups attached to an aromatic ring is 1. The molecule has 0 bridgehead atoms. The van der Waals surface area contributed by atoms with Crippen molar-refractivity contribution in [1.29, 1.82) is 0 Å². The van der Waals surface area contributed by atoms with Crippen molar-refractivity contribution < 1.29 is 9.53 Å². The molecule has 0 aliphatic carbocycles. The molecular weight excluding hydrogens is 180 g/mol. The largest absolute Gasteiger partial charge is 0.493 e. The van der Waals surface area contributed by atoms with Crippen LogP contribution in [0.25, 0.3) is 0 Å². The molecule has 1 amide bonds. The first kappa shape index (κ1) is 10.4.